The van der Waals surface area contributed by atoms with E-state index in [9.17, 15) is 9.59 Å². The van der Waals surface area contributed by atoms with E-state index in [0.29, 0.717) is 17.9 Å². The Morgan fingerprint density at radius 2 is 1.88 bits per heavy atom. The van der Waals surface area contributed by atoms with E-state index in [4.69, 9.17) is 9.72 Å². The van der Waals surface area contributed by atoms with Crippen LogP contribution in [-0.4, -0.2) is 45.9 Å². The molecule has 2 aromatic carbocycles. The average Bonchev–Trinajstić information content (AvgIpc) is 3.34. The van der Waals surface area contributed by atoms with Crippen LogP contribution in [0.5, 0.6) is 5.75 Å². The lowest BCUT2D eigenvalue weighted by atomic mass is 10.0. The van der Waals surface area contributed by atoms with E-state index < -0.39 is 5.54 Å². The first-order valence-corrected chi connectivity index (χ1v) is 11.0. The van der Waals surface area contributed by atoms with Crippen molar-refractivity contribution in [2.24, 2.45) is 0 Å². The van der Waals surface area contributed by atoms with E-state index in [2.05, 4.69) is 10.3 Å². The maximum absolute atomic E-state index is 13.5. The van der Waals surface area contributed by atoms with Crippen LogP contribution in [-0.2, 0) is 4.79 Å². The minimum atomic E-state index is -1.06. The van der Waals surface area contributed by atoms with Gasteiger partial charge < -0.3 is 15.0 Å². The van der Waals surface area contributed by atoms with Gasteiger partial charge in [-0.15, -0.1) is 0 Å². The number of carbonyl (C=O) groups excluding carboxylic acids is 2. The molecule has 1 aliphatic heterocycles. The summed E-state index contributed by atoms with van der Waals surface area (Å²) in [5.41, 5.74) is 1.11. The van der Waals surface area contributed by atoms with Crippen molar-refractivity contribution < 1.29 is 14.3 Å². The molecule has 0 unspecified atom stereocenters. The number of aromatic nitrogens is 2. The summed E-state index contributed by atoms with van der Waals surface area (Å²) in [6, 6.07) is 18.2. The summed E-state index contributed by atoms with van der Waals surface area (Å²) in [5.74, 6) is 0.917. The Labute approximate surface area is 193 Å². The predicted molar refractivity (Wildman–Crippen MR) is 126 cm³/mol. The Morgan fingerprint density at radius 3 is 2.64 bits per heavy atom. The van der Waals surface area contributed by atoms with Crippen LogP contribution in [0.2, 0.25) is 0 Å². The number of amides is 2. The predicted octanol–water partition coefficient (Wildman–Crippen LogP) is 4.02. The van der Waals surface area contributed by atoms with Gasteiger partial charge in [0.2, 0.25) is 5.91 Å². The van der Waals surface area contributed by atoms with Gasteiger partial charge in [-0.1, -0.05) is 30.3 Å². The molecule has 2 amide bonds. The minimum absolute atomic E-state index is 0.129. The van der Waals surface area contributed by atoms with E-state index in [1.807, 2.05) is 41.3 Å². The Bertz CT molecular complexity index is 1150. The zero-order valence-corrected chi connectivity index (χ0v) is 19.1. The SMILES string of the molecule is COc1cccc(-c2nccc([C@H]3CCCN3C(=O)C(C)(C)NC(=O)c3ccccc3)n2)c1. The van der Waals surface area contributed by atoms with E-state index >= 15 is 0 Å². The van der Waals surface area contributed by atoms with Gasteiger partial charge in [0.15, 0.2) is 5.82 Å². The molecule has 0 radical (unpaired) electrons. The van der Waals surface area contributed by atoms with Crippen molar-refractivity contribution in [1.82, 2.24) is 20.2 Å². The molecule has 1 N–H and O–H groups in total. The number of ether oxygens (including phenoxy) is 1. The van der Waals surface area contributed by atoms with Crippen molar-refractivity contribution in [2.45, 2.75) is 38.3 Å². The van der Waals surface area contributed by atoms with Crippen molar-refractivity contribution in [3.63, 3.8) is 0 Å². The van der Waals surface area contributed by atoms with E-state index in [-0.39, 0.29) is 17.9 Å². The molecule has 0 aliphatic carbocycles. The van der Waals surface area contributed by atoms with E-state index in [0.717, 1.165) is 29.8 Å². The maximum Gasteiger partial charge on any atom is 0.252 e. The second kappa shape index (κ2) is 9.40. The van der Waals surface area contributed by atoms with Crippen molar-refractivity contribution >= 4 is 11.8 Å². The molecule has 33 heavy (non-hydrogen) atoms. The number of benzene rings is 2. The van der Waals surface area contributed by atoms with Crippen LogP contribution in [0, 0.1) is 0 Å². The number of carbonyl (C=O) groups is 2. The second-order valence-electron chi connectivity index (χ2n) is 8.64. The summed E-state index contributed by atoms with van der Waals surface area (Å²) in [4.78, 5) is 37.2. The first kappa shape index (κ1) is 22.5. The lowest BCUT2D eigenvalue weighted by Gasteiger charge is -2.33. The molecule has 7 heteroatoms. The molecule has 170 valence electrons. The Hall–Kier alpha value is -3.74. The van der Waals surface area contributed by atoms with Crippen molar-refractivity contribution in [3.8, 4) is 17.1 Å². The van der Waals surface area contributed by atoms with Gasteiger partial charge in [-0.05, 0) is 57.0 Å². The lowest BCUT2D eigenvalue weighted by molar-refractivity contribution is -0.137. The highest BCUT2D eigenvalue weighted by molar-refractivity contribution is 5.99. The Balaban J connectivity index is 1.55. The zero-order valence-electron chi connectivity index (χ0n) is 19.1. The van der Waals surface area contributed by atoms with E-state index in [1.165, 1.54) is 0 Å². The number of methoxy groups -OCH3 is 1. The Kier molecular flexibility index (Phi) is 6.40. The molecular weight excluding hydrogens is 416 g/mol. The van der Waals surface area contributed by atoms with Gasteiger partial charge >= 0.3 is 0 Å². The molecule has 1 aliphatic rings. The average molecular weight is 445 g/mol. The van der Waals surface area contributed by atoms with Gasteiger partial charge in [0.05, 0.1) is 18.8 Å². The number of nitrogens with zero attached hydrogens (tertiary/aromatic N) is 3. The smallest absolute Gasteiger partial charge is 0.252 e. The molecule has 0 spiro atoms. The van der Waals surface area contributed by atoms with Crippen LogP contribution < -0.4 is 10.1 Å². The summed E-state index contributed by atoms with van der Waals surface area (Å²) < 4.78 is 5.31. The largest absolute Gasteiger partial charge is 0.497 e. The van der Waals surface area contributed by atoms with Crippen molar-refractivity contribution in [3.05, 3.63) is 78.1 Å². The minimum Gasteiger partial charge on any atom is -0.497 e. The highest BCUT2D eigenvalue weighted by Gasteiger charge is 2.40. The topological polar surface area (TPSA) is 84.4 Å². The molecule has 7 nitrogen and oxygen atoms in total. The van der Waals surface area contributed by atoms with Gasteiger partial charge in [-0.2, -0.15) is 0 Å². The first-order valence-electron chi connectivity index (χ1n) is 11.0. The van der Waals surface area contributed by atoms with Gasteiger partial charge in [-0.3, -0.25) is 9.59 Å². The highest BCUT2D eigenvalue weighted by Crippen LogP contribution is 2.33. The molecule has 1 fully saturated rings. The summed E-state index contributed by atoms with van der Waals surface area (Å²) in [6.07, 6.45) is 3.40. The third-order valence-corrected chi connectivity index (χ3v) is 5.86. The number of nitrogens with one attached hydrogen (secondary N) is 1. The number of hydrogen-bond acceptors (Lipinski definition) is 5. The van der Waals surface area contributed by atoms with Crippen LogP contribution in [0.15, 0.2) is 66.9 Å². The molecule has 2 heterocycles. The lowest BCUT2D eigenvalue weighted by Crippen LogP contribution is -2.55. The molecule has 0 bridgehead atoms. The fourth-order valence-electron chi connectivity index (χ4n) is 4.13. The number of likely N-dealkylation sites (tertiary alicyclic amines) is 1. The van der Waals surface area contributed by atoms with Gasteiger partial charge in [0, 0.05) is 23.9 Å². The monoisotopic (exact) mass is 444 g/mol. The highest BCUT2D eigenvalue weighted by atomic mass is 16.5. The molecule has 1 saturated heterocycles. The Morgan fingerprint density at radius 1 is 1.09 bits per heavy atom. The standard InChI is InChI=1S/C26H28N4O3/c1-26(2,29-24(31)18-9-5-4-6-10-18)25(32)30-16-8-13-22(30)21-14-15-27-23(28-21)19-11-7-12-20(17-19)33-3/h4-7,9-12,14-15,17,22H,8,13,16H2,1-3H3,(H,29,31)/t22-/m1/s1. The fourth-order valence-corrected chi connectivity index (χ4v) is 4.13. The summed E-state index contributed by atoms with van der Waals surface area (Å²) in [6.45, 7) is 4.10. The van der Waals surface area contributed by atoms with Gasteiger partial charge in [0.25, 0.3) is 5.91 Å². The quantitative estimate of drug-likeness (QED) is 0.621. The van der Waals surface area contributed by atoms with Crippen LogP contribution in [0.25, 0.3) is 11.4 Å². The summed E-state index contributed by atoms with van der Waals surface area (Å²) in [5, 5.41) is 2.89. The van der Waals surface area contributed by atoms with Crippen LogP contribution in [0.4, 0.5) is 0 Å². The zero-order chi connectivity index (χ0) is 23.4. The summed E-state index contributed by atoms with van der Waals surface area (Å²) >= 11 is 0. The number of hydrogen-bond donors (Lipinski definition) is 1. The second-order valence-corrected chi connectivity index (χ2v) is 8.64. The summed E-state index contributed by atoms with van der Waals surface area (Å²) in [7, 11) is 1.62. The number of rotatable bonds is 6. The van der Waals surface area contributed by atoms with Crippen LogP contribution in [0.3, 0.4) is 0 Å². The van der Waals surface area contributed by atoms with Crippen molar-refractivity contribution in [2.75, 3.05) is 13.7 Å². The molecule has 3 aromatic rings. The van der Waals surface area contributed by atoms with Crippen LogP contribution in [0.1, 0.15) is 48.8 Å². The first-order chi connectivity index (χ1) is 15.9. The van der Waals surface area contributed by atoms with E-state index in [1.54, 1.807) is 51.4 Å². The molecular formula is C26H28N4O3. The van der Waals surface area contributed by atoms with Gasteiger partial charge in [-0.25, -0.2) is 9.97 Å². The molecule has 1 atom stereocenters. The maximum atomic E-state index is 13.5. The van der Waals surface area contributed by atoms with Crippen molar-refractivity contribution in [1.29, 1.82) is 0 Å². The normalized spacial score (nSPS) is 15.8. The fraction of sp³-hybridized carbons (Fsp3) is 0.308. The molecule has 0 saturated carbocycles. The third-order valence-electron chi connectivity index (χ3n) is 5.86. The third kappa shape index (κ3) is 4.87. The van der Waals surface area contributed by atoms with Gasteiger partial charge in [0.1, 0.15) is 11.3 Å². The molecule has 4 rings (SSSR count). The van der Waals surface area contributed by atoms with Crippen LogP contribution >= 0.6 is 0 Å². The molecule has 1 aromatic heterocycles.